The number of carbonyl (C=O) groups is 1. The Labute approximate surface area is 150 Å². The highest BCUT2D eigenvalue weighted by molar-refractivity contribution is 5.67. The van der Waals surface area contributed by atoms with Gasteiger partial charge in [-0.3, -0.25) is 0 Å². The Kier molecular flexibility index (Phi) is 7.24. The number of piperidine rings is 1. The summed E-state index contributed by atoms with van der Waals surface area (Å²) < 4.78 is 5.05. The van der Waals surface area contributed by atoms with E-state index in [2.05, 4.69) is 25.5 Å². The minimum atomic E-state index is -0.216. The molecular weight excluding hydrogens is 320 g/mol. The first-order chi connectivity index (χ1) is 12.0. The molecule has 8 heteroatoms. The van der Waals surface area contributed by atoms with Crippen molar-refractivity contribution in [3.05, 3.63) is 11.9 Å². The molecule has 1 aromatic heterocycles. The van der Waals surface area contributed by atoms with E-state index in [4.69, 9.17) is 4.74 Å². The molecule has 1 fully saturated rings. The van der Waals surface area contributed by atoms with Gasteiger partial charge in [0.25, 0.3) is 0 Å². The molecule has 0 saturated carbocycles. The molecule has 1 saturated heterocycles. The summed E-state index contributed by atoms with van der Waals surface area (Å²) in [6, 6.07) is 2.25. The van der Waals surface area contributed by atoms with Gasteiger partial charge in [0.2, 0.25) is 0 Å². The molecule has 2 rings (SSSR count). The van der Waals surface area contributed by atoms with Crippen LogP contribution in [0.1, 0.15) is 25.6 Å². The van der Waals surface area contributed by atoms with E-state index < -0.39 is 0 Å². The van der Waals surface area contributed by atoms with E-state index in [1.807, 2.05) is 34.0 Å². The molecule has 8 nitrogen and oxygen atoms in total. The summed E-state index contributed by atoms with van der Waals surface area (Å²) in [5.41, 5.74) is 0. The maximum atomic E-state index is 11.8. The number of nitrogens with zero attached hydrogens (tertiary/aromatic N) is 4. The van der Waals surface area contributed by atoms with Crippen LogP contribution in [0.3, 0.4) is 0 Å². The van der Waals surface area contributed by atoms with E-state index >= 15 is 0 Å². The highest BCUT2D eigenvalue weighted by Crippen LogP contribution is 2.18. The minimum Gasteiger partial charge on any atom is -0.450 e. The van der Waals surface area contributed by atoms with Gasteiger partial charge < -0.3 is 25.2 Å². The standard InChI is InChI=1S/C17H30N6O2/c1-5-25-17(24)23-9-6-14(7-10-23)21-16-12-15(19-13(2)20-16)18-8-11-22(3)4/h12,14H,5-11H2,1-4H3,(H2,18,19,20,21). The molecule has 1 aliphatic heterocycles. The Morgan fingerprint density at radius 2 is 2.00 bits per heavy atom. The number of nitrogens with one attached hydrogen (secondary N) is 2. The van der Waals surface area contributed by atoms with Crippen LogP contribution in [0.4, 0.5) is 16.4 Å². The zero-order valence-corrected chi connectivity index (χ0v) is 15.7. The smallest absolute Gasteiger partial charge is 0.409 e. The van der Waals surface area contributed by atoms with Gasteiger partial charge in [0.15, 0.2) is 0 Å². The van der Waals surface area contributed by atoms with Gasteiger partial charge in [-0.05, 0) is 40.8 Å². The number of aromatic nitrogens is 2. The van der Waals surface area contributed by atoms with Crippen LogP contribution in [0.5, 0.6) is 0 Å². The zero-order chi connectivity index (χ0) is 18.2. The van der Waals surface area contributed by atoms with Gasteiger partial charge in [0, 0.05) is 38.3 Å². The third kappa shape index (κ3) is 6.38. The summed E-state index contributed by atoms with van der Waals surface area (Å²) >= 11 is 0. The second kappa shape index (κ2) is 9.41. The lowest BCUT2D eigenvalue weighted by molar-refractivity contribution is 0.0983. The van der Waals surface area contributed by atoms with E-state index in [9.17, 15) is 4.79 Å². The summed E-state index contributed by atoms with van der Waals surface area (Å²) in [4.78, 5) is 24.5. The predicted molar refractivity (Wildman–Crippen MR) is 99.1 cm³/mol. The highest BCUT2D eigenvalue weighted by Gasteiger charge is 2.23. The Morgan fingerprint density at radius 3 is 2.64 bits per heavy atom. The van der Waals surface area contributed by atoms with Crippen molar-refractivity contribution in [2.75, 3.05) is 57.5 Å². The van der Waals surface area contributed by atoms with Gasteiger partial charge in [0.1, 0.15) is 17.5 Å². The SMILES string of the molecule is CCOC(=O)N1CCC(Nc2cc(NCCN(C)C)nc(C)n2)CC1. The van der Waals surface area contributed by atoms with Gasteiger partial charge in [-0.25, -0.2) is 14.8 Å². The molecule has 2 N–H and O–H groups in total. The average Bonchev–Trinajstić information content (AvgIpc) is 2.55. The molecule has 0 atom stereocenters. The van der Waals surface area contributed by atoms with Crippen LogP contribution >= 0.6 is 0 Å². The third-order valence-electron chi connectivity index (χ3n) is 4.08. The zero-order valence-electron chi connectivity index (χ0n) is 15.7. The molecule has 0 unspecified atom stereocenters. The first kappa shape index (κ1) is 19.2. The lowest BCUT2D eigenvalue weighted by Crippen LogP contribution is -2.42. The number of carbonyl (C=O) groups excluding carboxylic acids is 1. The lowest BCUT2D eigenvalue weighted by Gasteiger charge is -2.31. The molecule has 0 aromatic carbocycles. The number of hydrogen-bond donors (Lipinski definition) is 2. The van der Waals surface area contributed by atoms with Gasteiger partial charge in [-0.2, -0.15) is 0 Å². The summed E-state index contributed by atoms with van der Waals surface area (Å²) in [6.07, 6.45) is 1.54. The largest absolute Gasteiger partial charge is 0.450 e. The van der Waals surface area contributed by atoms with Crippen molar-refractivity contribution < 1.29 is 9.53 Å². The normalized spacial score (nSPS) is 15.3. The van der Waals surface area contributed by atoms with Crippen LogP contribution in [-0.4, -0.2) is 78.8 Å². The lowest BCUT2D eigenvalue weighted by atomic mass is 10.1. The monoisotopic (exact) mass is 350 g/mol. The first-order valence-electron chi connectivity index (χ1n) is 8.90. The summed E-state index contributed by atoms with van der Waals surface area (Å²) in [5, 5.41) is 6.80. The number of aryl methyl sites for hydroxylation is 1. The maximum Gasteiger partial charge on any atom is 0.409 e. The Bertz CT molecular complexity index is 558. The average molecular weight is 350 g/mol. The van der Waals surface area contributed by atoms with Gasteiger partial charge in [-0.15, -0.1) is 0 Å². The number of rotatable bonds is 7. The summed E-state index contributed by atoms with van der Waals surface area (Å²) in [7, 11) is 4.09. The van der Waals surface area contributed by atoms with Crippen LogP contribution in [0.2, 0.25) is 0 Å². The van der Waals surface area contributed by atoms with E-state index in [0.717, 1.165) is 43.4 Å². The van der Waals surface area contributed by atoms with E-state index in [1.165, 1.54) is 0 Å². The van der Waals surface area contributed by atoms with Crippen molar-refractivity contribution in [1.82, 2.24) is 19.8 Å². The van der Waals surface area contributed by atoms with E-state index in [0.29, 0.717) is 25.7 Å². The molecule has 1 aromatic rings. The van der Waals surface area contributed by atoms with Crippen molar-refractivity contribution >= 4 is 17.7 Å². The molecule has 1 aliphatic rings. The van der Waals surface area contributed by atoms with Gasteiger partial charge >= 0.3 is 6.09 Å². The van der Waals surface area contributed by atoms with E-state index in [1.54, 1.807) is 4.90 Å². The second-order valence-electron chi connectivity index (χ2n) is 6.52. The van der Waals surface area contributed by atoms with Gasteiger partial charge in [-0.1, -0.05) is 0 Å². The van der Waals surface area contributed by atoms with Crippen molar-refractivity contribution in [2.45, 2.75) is 32.7 Å². The van der Waals surface area contributed by atoms with Gasteiger partial charge in [0.05, 0.1) is 6.61 Å². The fourth-order valence-electron chi connectivity index (χ4n) is 2.77. The number of amides is 1. The third-order valence-corrected chi connectivity index (χ3v) is 4.08. The van der Waals surface area contributed by atoms with Crippen LogP contribution in [0, 0.1) is 6.92 Å². The highest BCUT2D eigenvalue weighted by atomic mass is 16.6. The van der Waals surface area contributed by atoms with Crippen molar-refractivity contribution in [1.29, 1.82) is 0 Å². The first-order valence-corrected chi connectivity index (χ1v) is 8.90. The van der Waals surface area contributed by atoms with E-state index in [-0.39, 0.29) is 6.09 Å². The fraction of sp³-hybridized carbons (Fsp3) is 0.706. The quantitative estimate of drug-likeness (QED) is 0.776. The number of ether oxygens (including phenoxy) is 1. The molecule has 0 bridgehead atoms. The molecule has 2 heterocycles. The number of likely N-dealkylation sites (N-methyl/N-ethyl adjacent to an activating group) is 1. The number of anilines is 2. The van der Waals surface area contributed by atoms with Crippen LogP contribution in [0.15, 0.2) is 6.07 Å². The van der Waals surface area contributed by atoms with Crippen LogP contribution in [-0.2, 0) is 4.74 Å². The topological polar surface area (TPSA) is 82.6 Å². The van der Waals surface area contributed by atoms with Crippen molar-refractivity contribution in [3.8, 4) is 0 Å². The maximum absolute atomic E-state index is 11.8. The van der Waals surface area contributed by atoms with Crippen LogP contribution in [0.25, 0.3) is 0 Å². The Morgan fingerprint density at radius 1 is 1.32 bits per heavy atom. The molecule has 140 valence electrons. The number of likely N-dealkylation sites (tertiary alicyclic amines) is 1. The molecule has 1 amide bonds. The number of hydrogen-bond acceptors (Lipinski definition) is 7. The van der Waals surface area contributed by atoms with Crippen LogP contribution < -0.4 is 10.6 Å². The molecular formula is C17H30N6O2. The predicted octanol–water partition coefficient (Wildman–Crippen LogP) is 1.79. The molecule has 0 aliphatic carbocycles. The molecule has 0 spiro atoms. The summed E-state index contributed by atoms with van der Waals surface area (Å²) in [6.45, 7) is 7.32. The fourth-order valence-corrected chi connectivity index (χ4v) is 2.77. The molecule has 25 heavy (non-hydrogen) atoms. The molecule has 0 radical (unpaired) electrons. The second-order valence-corrected chi connectivity index (χ2v) is 6.52. The summed E-state index contributed by atoms with van der Waals surface area (Å²) in [5.74, 6) is 2.40. The van der Waals surface area contributed by atoms with Crippen molar-refractivity contribution in [3.63, 3.8) is 0 Å². The van der Waals surface area contributed by atoms with Crippen molar-refractivity contribution in [2.24, 2.45) is 0 Å². The minimum absolute atomic E-state index is 0.216. The Balaban J connectivity index is 1.86. The Hall–Kier alpha value is -2.09.